The number of fused-ring (bicyclic) bond motifs is 3. The summed E-state index contributed by atoms with van der Waals surface area (Å²) in [6.07, 6.45) is 8.30. The summed E-state index contributed by atoms with van der Waals surface area (Å²) >= 11 is 0. The Balaban J connectivity index is 1.73. The average Bonchev–Trinajstić information content (AvgIpc) is 2.95. The van der Waals surface area contributed by atoms with Gasteiger partial charge in [0.2, 0.25) is 0 Å². The molecule has 0 saturated carbocycles. The van der Waals surface area contributed by atoms with E-state index in [0.29, 0.717) is 0 Å². The molecule has 2 aromatic rings. The Labute approximate surface area is 154 Å². The third-order valence-electron chi connectivity index (χ3n) is 5.53. The zero-order valence-corrected chi connectivity index (χ0v) is 15.8. The zero-order chi connectivity index (χ0) is 18.5. The molecule has 2 aliphatic rings. The number of hydrogen-bond donors (Lipinski definition) is 3. The van der Waals surface area contributed by atoms with Crippen LogP contribution in [0.25, 0.3) is 16.3 Å². The van der Waals surface area contributed by atoms with E-state index in [-0.39, 0.29) is 17.6 Å². The van der Waals surface area contributed by atoms with Crippen molar-refractivity contribution >= 4 is 22.2 Å². The van der Waals surface area contributed by atoms with Gasteiger partial charge in [-0.2, -0.15) is 0 Å². The Hall–Kier alpha value is -2.40. The van der Waals surface area contributed by atoms with Gasteiger partial charge in [0, 0.05) is 52.5 Å². The second-order valence-corrected chi connectivity index (χ2v) is 7.95. The van der Waals surface area contributed by atoms with Gasteiger partial charge in [0.05, 0.1) is 17.8 Å². The number of hydrogen-bond acceptors (Lipinski definition) is 5. The van der Waals surface area contributed by atoms with Crippen LogP contribution in [0.4, 0.5) is 5.82 Å². The van der Waals surface area contributed by atoms with Crippen LogP contribution >= 0.6 is 0 Å². The summed E-state index contributed by atoms with van der Waals surface area (Å²) in [5.74, 6) is 0.975. The molecule has 0 radical (unpaired) electrons. The first-order valence-corrected chi connectivity index (χ1v) is 9.27. The monoisotopic (exact) mass is 350 g/mol. The van der Waals surface area contributed by atoms with Gasteiger partial charge in [-0.05, 0) is 25.0 Å². The van der Waals surface area contributed by atoms with Crippen LogP contribution in [0.3, 0.4) is 0 Å². The quantitative estimate of drug-likeness (QED) is 0.792. The number of pyridine rings is 2. The molecule has 2 aromatic heterocycles. The van der Waals surface area contributed by atoms with Gasteiger partial charge in [-0.1, -0.05) is 26.8 Å². The fourth-order valence-corrected chi connectivity index (χ4v) is 3.92. The highest BCUT2D eigenvalue weighted by molar-refractivity contribution is 5.92. The first-order valence-electron chi connectivity index (χ1n) is 9.27. The summed E-state index contributed by atoms with van der Waals surface area (Å²) in [5.41, 5.74) is 4.42. The fraction of sp³-hybridized carbons (Fsp3) is 0.429. The van der Waals surface area contributed by atoms with Crippen LogP contribution in [0.5, 0.6) is 0 Å². The van der Waals surface area contributed by atoms with Crippen molar-refractivity contribution in [1.82, 2.24) is 15.3 Å². The van der Waals surface area contributed by atoms with Crippen molar-refractivity contribution in [1.29, 1.82) is 0 Å². The molecular weight excluding hydrogens is 324 g/mol. The standard InChI is InChI=1S/C21H26N4O/c1-5-18(26)17-6-12(2)14(9-23-17)16-7-13-8-24-20-19(15(13)10-22-16)21(3,4)11-25-20/h6-10,17-18,23,26H,5,11H2,1-4H3,(H,24,25). The Morgan fingerprint density at radius 1 is 1.31 bits per heavy atom. The summed E-state index contributed by atoms with van der Waals surface area (Å²) in [4.78, 5) is 9.36. The Morgan fingerprint density at radius 3 is 2.85 bits per heavy atom. The molecule has 2 atom stereocenters. The zero-order valence-electron chi connectivity index (χ0n) is 15.8. The first kappa shape index (κ1) is 17.0. The van der Waals surface area contributed by atoms with Crippen molar-refractivity contribution < 1.29 is 5.11 Å². The van der Waals surface area contributed by atoms with Crippen molar-refractivity contribution in [2.75, 3.05) is 11.9 Å². The molecule has 3 N–H and O–H groups in total. The molecule has 0 aliphatic carbocycles. The van der Waals surface area contributed by atoms with E-state index in [2.05, 4.69) is 48.5 Å². The smallest absolute Gasteiger partial charge is 0.130 e. The van der Waals surface area contributed by atoms with Gasteiger partial charge < -0.3 is 15.7 Å². The van der Waals surface area contributed by atoms with Crippen molar-refractivity contribution in [3.63, 3.8) is 0 Å². The summed E-state index contributed by atoms with van der Waals surface area (Å²) in [6, 6.07) is 2.07. The van der Waals surface area contributed by atoms with E-state index in [4.69, 9.17) is 4.98 Å². The van der Waals surface area contributed by atoms with Crippen LogP contribution in [0.1, 0.15) is 45.4 Å². The van der Waals surface area contributed by atoms with Gasteiger partial charge in [0.1, 0.15) is 5.82 Å². The number of aliphatic hydroxyl groups is 1. The number of nitrogens with one attached hydrogen (secondary N) is 2. The number of dihydropyridines is 1. The lowest BCUT2D eigenvalue weighted by atomic mass is 9.85. The number of aromatic nitrogens is 2. The molecule has 0 bridgehead atoms. The molecule has 0 aromatic carbocycles. The van der Waals surface area contributed by atoms with Gasteiger partial charge in [0.15, 0.2) is 0 Å². The lowest BCUT2D eigenvalue weighted by Crippen LogP contribution is -2.37. The number of nitrogens with zero attached hydrogens (tertiary/aromatic N) is 2. The van der Waals surface area contributed by atoms with Gasteiger partial charge in [-0.3, -0.25) is 4.98 Å². The van der Waals surface area contributed by atoms with Gasteiger partial charge in [-0.15, -0.1) is 0 Å². The highest BCUT2D eigenvalue weighted by atomic mass is 16.3. The molecule has 0 spiro atoms. The predicted octanol–water partition coefficient (Wildman–Crippen LogP) is 3.36. The van der Waals surface area contributed by atoms with Crippen molar-refractivity contribution in [2.45, 2.75) is 51.7 Å². The second-order valence-electron chi connectivity index (χ2n) is 7.95. The highest BCUT2D eigenvalue weighted by Gasteiger charge is 2.32. The van der Waals surface area contributed by atoms with E-state index < -0.39 is 0 Å². The highest BCUT2D eigenvalue weighted by Crippen LogP contribution is 2.40. The Morgan fingerprint density at radius 2 is 2.12 bits per heavy atom. The van der Waals surface area contributed by atoms with Crippen LogP contribution in [-0.2, 0) is 5.41 Å². The molecule has 2 aliphatic heterocycles. The normalized spacial score (nSPS) is 22.1. The number of rotatable bonds is 3. The molecule has 0 saturated heterocycles. The number of allylic oxidation sites excluding steroid dienone is 2. The van der Waals surface area contributed by atoms with Crippen LogP contribution in [0.15, 0.2) is 36.3 Å². The van der Waals surface area contributed by atoms with Crippen molar-refractivity contribution in [2.24, 2.45) is 0 Å². The molecular formula is C21H26N4O. The third-order valence-corrected chi connectivity index (χ3v) is 5.53. The summed E-state index contributed by atoms with van der Waals surface area (Å²) < 4.78 is 0. The third kappa shape index (κ3) is 2.67. The van der Waals surface area contributed by atoms with Crippen LogP contribution < -0.4 is 10.6 Å². The van der Waals surface area contributed by atoms with Crippen LogP contribution in [-0.4, -0.2) is 33.8 Å². The molecule has 0 fully saturated rings. The summed E-state index contributed by atoms with van der Waals surface area (Å²) in [5, 5.41) is 19.0. The van der Waals surface area contributed by atoms with Crippen LogP contribution in [0, 0.1) is 0 Å². The lowest BCUT2D eigenvalue weighted by molar-refractivity contribution is 0.146. The maximum absolute atomic E-state index is 10.1. The molecule has 2 unspecified atom stereocenters. The number of aliphatic hydroxyl groups excluding tert-OH is 1. The molecule has 4 heterocycles. The van der Waals surface area contributed by atoms with Gasteiger partial charge in [-0.25, -0.2) is 4.98 Å². The first-order chi connectivity index (χ1) is 12.4. The van der Waals surface area contributed by atoms with E-state index >= 15 is 0 Å². The molecule has 26 heavy (non-hydrogen) atoms. The van der Waals surface area contributed by atoms with Gasteiger partial charge in [0.25, 0.3) is 0 Å². The summed E-state index contributed by atoms with van der Waals surface area (Å²) in [7, 11) is 0. The van der Waals surface area contributed by atoms with Crippen LogP contribution in [0.2, 0.25) is 0 Å². The lowest BCUT2D eigenvalue weighted by Gasteiger charge is -2.25. The molecule has 5 nitrogen and oxygen atoms in total. The minimum Gasteiger partial charge on any atom is -0.391 e. The van der Waals surface area contributed by atoms with E-state index in [9.17, 15) is 5.11 Å². The average molecular weight is 350 g/mol. The van der Waals surface area contributed by atoms with E-state index in [1.165, 1.54) is 10.9 Å². The van der Waals surface area contributed by atoms with Crippen molar-refractivity contribution in [3.05, 3.63) is 47.6 Å². The SMILES string of the molecule is CCC(O)C1C=C(C)C(c2cc3cnc4c(c3cn2)C(C)(C)CN4)=CN1. The topological polar surface area (TPSA) is 70.1 Å². The number of anilines is 1. The maximum Gasteiger partial charge on any atom is 0.130 e. The molecule has 5 heteroatoms. The van der Waals surface area contributed by atoms with Crippen molar-refractivity contribution in [3.8, 4) is 0 Å². The Kier molecular flexibility index (Phi) is 3.99. The largest absolute Gasteiger partial charge is 0.391 e. The second kappa shape index (κ2) is 6.09. The van der Waals surface area contributed by atoms with E-state index in [1.807, 2.05) is 25.5 Å². The predicted molar refractivity (Wildman–Crippen MR) is 106 cm³/mol. The van der Waals surface area contributed by atoms with E-state index in [0.717, 1.165) is 41.0 Å². The van der Waals surface area contributed by atoms with Gasteiger partial charge >= 0.3 is 0 Å². The van der Waals surface area contributed by atoms with E-state index in [1.54, 1.807) is 0 Å². The fourth-order valence-electron chi connectivity index (χ4n) is 3.92. The minimum absolute atomic E-state index is 0.0407. The minimum atomic E-state index is -0.381. The molecule has 136 valence electrons. The molecule has 4 rings (SSSR count). The Bertz CT molecular complexity index is 929. The molecule has 0 amide bonds. The maximum atomic E-state index is 10.1. The summed E-state index contributed by atoms with van der Waals surface area (Å²) in [6.45, 7) is 9.43.